The Labute approximate surface area is 517 Å². The highest BCUT2D eigenvalue weighted by atomic mass is 16.6. The number of allylic oxidation sites excluding steroid dienone is 10. The first kappa shape index (κ1) is 80.1. The molecule has 0 amide bonds. The molecular formula is C77H140O6. The minimum atomic E-state index is -0.773. The van der Waals surface area contributed by atoms with Crippen LogP contribution in [0.3, 0.4) is 0 Å². The summed E-state index contributed by atoms with van der Waals surface area (Å²) >= 11 is 0. The van der Waals surface area contributed by atoms with Gasteiger partial charge in [0.1, 0.15) is 13.2 Å². The molecule has 0 aliphatic carbocycles. The predicted molar refractivity (Wildman–Crippen MR) is 362 cm³/mol. The first-order chi connectivity index (χ1) is 41.0. The molecule has 0 aromatic heterocycles. The molecule has 484 valence electrons. The Morgan fingerprint density at radius 1 is 0.253 bits per heavy atom. The van der Waals surface area contributed by atoms with E-state index < -0.39 is 6.10 Å². The summed E-state index contributed by atoms with van der Waals surface area (Å²) in [5.74, 6) is -0.852. The number of unbranched alkanes of at least 4 members (excludes halogenated alkanes) is 47. The second-order valence-electron chi connectivity index (χ2n) is 24.8. The quantitative estimate of drug-likeness (QED) is 0.0261. The van der Waals surface area contributed by atoms with Crippen molar-refractivity contribution in [1.29, 1.82) is 0 Å². The largest absolute Gasteiger partial charge is 0.462 e. The van der Waals surface area contributed by atoms with Gasteiger partial charge in [0.25, 0.3) is 0 Å². The molecule has 6 nitrogen and oxygen atoms in total. The van der Waals surface area contributed by atoms with Gasteiger partial charge in [-0.1, -0.05) is 358 Å². The van der Waals surface area contributed by atoms with Crippen molar-refractivity contribution < 1.29 is 28.6 Å². The van der Waals surface area contributed by atoms with Crippen molar-refractivity contribution in [2.45, 2.75) is 399 Å². The Morgan fingerprint density at radius 2 is 0.482 bits per heavy atom. The molecule has 0 saturated heterocycles. The van der Waals surface area contributed by atoms with E-state index in [-0.39, 0.29) is 31.1 Å². The van der Waals surface area contributed by atoms with E-state index in [0.717, 1.165) is 89.9 Å². The zero-order valence-electron chi connectivity index (χ0n) is 55.7. The van der Waals surface area contributed by atoms with Gasteiger partial charge in [0.15, 0.2) is 6.10 Å². The van der Waals surface area contributed by atoms with E-state index in [2.05, 4.69) is 81.5 Å². The first-order valence-electron chi connectivity index (χ1n) is 36.8. The van der Waals surface area contributed by atoms with Gasteiger partial charge in [-0.3, -0.25) is 14.4 Å². The van der Waals surface area contributed by atoms with Crippen LogP contribution in [0.5, 0.6) is 0 Å². The van der Waals surface area contributed by atoms with Crippen LogP contribution in [0.15, 0.2) is 60.8 Å². The van der Waals surface area contributed by atoms with Crippen molar-refractivity contribution in [2.75, 3.05) is 13.2 Å². The molecule has 0 rings (SSSR count). The summed E-state index contributed by atoms with van der Waals surface area (Å²) in [6.07, 6.45) is 92.8. The van der Waals surface area contributed by atoms with Crippen molar-refractivity contribution in [3.63, 3.8) is 0 Å². The molecule has 0 spiro atoms. The summed E-state index contributed by atoms with van der Waals surface area (Å²) in [5, 5.41) is 0. The summed E-state index contributed by atoms with van der Waals surface area (Å²) in [7, 11) is 0. The van der Waals surface area contributed by atoms with E-state index >= 15 is 0 Å². The second kappa shape index (κ2) is 71.6. The third kappa shape index (κ3) is 69.8. The molecule has 0 N–H and O–H groups in total. The Hall–Kier alpha value is -2.89. The van der Waals surface area contributed by atoms with Crippen LogP contribution in [0.2, 0.25) is 0 Å². The van der Waals surface area contributed by atoms with E-state index in [0.29, 0.717) is 19.3 Å². The van der Waals surface area contributed by atoms with Crippen molar-refractivity contribution in [1.82, 2.24) is 0 Å². The van der Waals surface area contributed by atoms with Crippen LogP contribution in [-0.2, 0) is 28.6 Å². The lowest BCUT2D eigenvalue weighted by Gasteiger charge is -2.18. The van der Waals surface area contributed by atoms with Gasteiger partial charge in [-0.2, -0.15) is 0 Å². The molecule has 0 heterocycles. The van der Waals surface area contributed by atoms with Gasteiger partial charge in [-0.25, -0.2) is 0 Å². The van der Waals surface area contributed by atoms with Crippen molar-refractivity contribution in [3.8, 4) is 0 Å². The number of rotatable bonds is 68. The Bertz CT molecular complexity index is 1470. The summed E-state index contributed by atoms with van der Waals surface area (Å²) in [6, 6.07) is 0. The summed E-state index contributed by atoms with van der Waals surface area (Å²) in [6.45, 7) is 6.55. The number of esters is 3. The van der Waals surface area contributed by atoms with E-state index in [4.69, 9.17) is 14.2 Å². The first-order valence-corrected chi connectivity index (χ1v) is 36.8. The van der Waals surface area contributed by atoms with E-state index in [1.165, 1.54) is 263 Å². The normalized spacial score (nSPS) is 12.4. The van der Waals surface area contributed by atoms with Crippen LogP contribution in [-0.4, -0.2) is 37.2 Å². The average Bonchev–Trinajstić information content (AvgIpc) is 3.48. The third-order valence-electron chi connectivity index (χ3n) is 16.5. The molecule has 6 heteroatoms. The fraction of sp³-hybridized carbons (Fsp3) is 0.831. The topological polar surface area (TPSA) is 78.9 Å². The lowest BCUT2D eigenvalue weighted by Crippen LogP contribution is -2.30. The van der Waals surface area contributed by atoms with Gasteiger partial charge in [0.05, 0.1) is 0 Å². The zero-order valence-corrected chi connectivity index (χ0v) is 55.7. The highest BCUT2D eigenvalue weighted by Crippen LogP contribution is 2.19. The van der Waals surface area contributed by atoms with E-state index in [1.807, 2.05) is 0 Å². The van der Waals surface area contributed by atoms with Crippen LogP contribution in [0, 0.1) is 0 Å². The molecule has 0 bridgehead atoms. The fourth-order valence-electron chi connectivity index (χ4n) is 11.0. The molecule has 0 aliphatic rings. The van der Waals surface area contributed by atoms with Crippen LogP contribution >= 0.6 is 0 Å². The Kier molecular flexibility index (Phi) is 69.1. The van der Waals surface area contributed by atoms with Gasteiger partial charge in [-0.05, 0) is 77.0 Å². The van der Waals surface area contributed by atoms with Crippen molar-refractivity contribution in [2.24, 2.45) is 0 Å². The molecular weight excluding hydrogens is 1020 g/mol. The molecule has 1 atom stereocenters. The zero-order chi connectivity index (χ0) is 59.9. The van der Waals surface area contributed by atoms with Gasteiger partial charge in [-0.15, -0.1) is 0 Å². The molecule has 0 aromatic carbocycles. The lowest BCUT2D eigenvalue weighted by molar-refractivity contribution is -0.167. The maximum absolute atomic E-state index is 12.9. The molecule has 0 aliphatic heterocycles. The van der Waals surface area contributed by atoms with Gasteiger partial charge in [0.2, 0.25) is 0 Å². The van der Waals surface area contributed by atoms with Gasteiger partial charge < -0.3 is 14.2 Å². The molecule has 0 radical (unpaired) electrons. The molecule has 1 unspecified atom stereocenters. The minimum Gasteiger partial charge on any atom is -0.462 e. The number of hydrogen-bond donors (Lipinski definition) is 0. The number of carbonyl (C=O) groups excluding carboxylic acids is 3. The standard InChI is InChI=1S/C77H140O6/c1-4-7-10-13-16-19-22-24-26-28-30-31-32-33-34-35-36-37-38-39-40-41-42-43-44-45-47-48-50-52-55-58-61-64-67-70-76(79)82-73-74(72-81-75(78)69-66-63-60-57-54-21-18-15-12-9-6-3)83-77(80)71-68-65-62-59-56-53-51-49-46-29-27-25-23-20-17-14-11-8-5-2/h7,10,15-16,18-19,24,26,30-31,74H,4-6,8-9,11-14,17,20-23,25,27-29,32-73H2,1-3H3/b10-7-,18-15-,19-16-,26-24-,31-30-. The maximum atomic E-state index is 12.9. The SMILES string of the molecule is CC/C=C\C/C=C\C/C=C\C/C=C\CCCCCCCCCCCCCCCCCCCCCCCCC(=O)OCC(COC(=O)CCCCCCC/C=C\CCCC)OC(=O)CCCCCCCCCCCCCCCCCCCCC. The molecule has 0 fully saturated rings. The second-order valence-corrected chi connectivity index (χ2v) is 24.8. The monoisotopic (exact) mass is 1160 g/mol. The highest BCUT2D eigenvalue weighted by molar-refractivity contribution is 5.71. The van der Waals surface area contributed by atoms with Gasteiger partial charge >= 0.3 is 17.9 Å². The Morgan fingerprint density at radius 3 is 0.783 bits per heavy atom. The van der Waals surface area contributed by atoms with Gasteiger partial charge in [0, 0.05) is 19.3 Å². The molecule has 83 heavy (non-hydrogen) atoms. The highest BCUT2D eigenvalue weighted by Gasteiger charge is 2.19. The van der Waals surface area contributed by atoms with Crippen LogP contribution in [0.4, 0.5) is 0 Å². The summed E-state index contributed by atoms with van der Waals surface area (Å²) in [4.78, 5) is 38.4. The van der Waals surface area contributed by atoms with E-state index in [1.54, 1.807) is 0 Å². The average molecular weight is 1160 g/mol. The fourth-order valence-corrected chi connectivity index (χ4v) is 11.0. The summed E-state index contributed by atoms with van der Waals surface area (Å²) < 4.78 is 17.0. The van der Waals surface area contributed by atoms with Crippen LogP contribution < -0.4 is 0 Å². The molecule has 0 aromatic rings. The smallest absolute Gasteiger partial charge is 0.306 e. The molecule has 0 saturated carbocycles. The number of hydrogen-bond acceptors (Lipinski definition) is 6. The van der Waals surface area contributed by atoms with Crippen LogP contribution in [0.25, 0.3) is 0 Å². The third-order valence-corrected chi connectivity index (χ3v) is 16.5. The number of ether oxygens (including phenoxy) is 3. The Balaban J connectivity index is 4.06. The predicted octanol–water partition coefficient (Wildman–Crippen LogP) is 25.5. The van der Waals surface area contributed by atoms with E-state index in [9.17, 15) is 14.4 Å². The summed E-state index contributed by atoms with van der Waals surface area (Å²) in [5.41, 5.74) is 0. The maximum Gasteiger partial charge on any atom is 0.306 e. The minimum absolute atomic E-state index is 0.0696. The van der Waals surface area contributed by atoms with Crippen molar-refractivity contribution >= 4 is 17.9 Å². The van der Waals surface area contributed by atoms with Crippen LogP contribution in [0.1, 0.15) is 393 Å². The lowest BCUT2D eigenvalue weighted by atomic mass is 10.0. The van der Waals surface area contributed by atoms with Crippen molar-refractivity contribution in [3.05, 3.63) is 60.8 Å². The number of carbonyl (C=O) groups is 3.